The standard InChI is InChI=1S/C52H38O/c1-52(2)47-31-29-39(49-41(35-17-7-3-8-18-35)25-15-26-42(49)36-19-9-4-10-20-36)33-45(47)51(53)46-34-40(30-32-48(46)52)50-43(37-21-11-5-12-22-37)27-16-28-44(50)38-23-13-6-14-24-38/h3-34H,1-2H3. The molecule has 0 radical (unpaired) electrons. The number of benzene rings is 8. The first-order chi connectivity index (χ1) is 26.0. The number of carbonyl (C=O) groups excluding carboxylic acids is 1. The Morgan fingerprint density at radius 3 is 0.906 bits per heavy atom. The molecule has 0 aromatic heterocycles. The topological polar surface area (TPSA) is 17.1 Å². The van der Waals surface area contributed by atoms with Gasteiger partial charge in [0.15, 0.2) is 5.78 Å². The van der Waals surface area contributed by atoms with Crippen LogP contribution in [-0.4, -0.2) is 5.78 Å². The third-order valence-electron chi connectivity index (χ3n) is 10.9. The Morgan fingerprint density at radius 2 is 0.604 bits per heavy atom. The Kier molecular flexibility index (Phi) is 8.05. The molecular formula is C52H38O. The summed E-state index contributed by atoms with van der Waals surface area (Å²) < 4.78 is 0. The third kappa shape index (κ3) is 5.62. The second-order valence-electron chi connectivity index (χ2n) is 14.4. The van der Waals surface area contributed by atoms with Crippen molar-refractivity contribution in [3.63, 3.8) is 0 Å². The van der Waals surface area contributed by atoms with Gasteiger partial charge in [0.05, 0.1) is 0 Å². The largest absolute Gasteiger partial charge is 0.289 e. The molecule has 1 aliphatic rings. The van der Waals surface area contributed by atoms with E-state index in [2.05, 4.69) is 208 Å². The Bertz CT molecular complexity index is 2320. The van der Waals surface area contributed by atoms with Crippen LogP contribution in [0.5, 0.6) is 0 Å². The maximum Gasteiger partial charge on any atom is 0.193 e. The highest BCUT2D eigenvalue weighted by Crippen LogP contribution is 2.48. The van der Waals surface area contributed by atoms with Gasteiger partial charge in [-0.15, -0.1) is 0 Å². The molecule has 0 saturated carbocycles. The molecule has 0 unspecified atom stereocenters. The first-order valence-corrected chi connectivity index (χ1v) is 18.3. The summed E-state index contributed by atoms with van der Waals surface area (Å²) >= 11 is 0. The lowest BCUT2D eigenvalue weighted by atomic mass is 9.67. The van der Waals surface area contributed by atoms with E-state index in [1.165, 1.54) is 0 Å². The molecule has 0 fully saturated rings. The van der Waals surface area contributed by atoms with E-state index in [0.717, 1.165) is 89.0 Å². The summed E-state index contributed by atoms with van der Waals surface area (Å²) in [6.07, 6.45) is 0. The van der Waals surface area contributed by atoms with E-state index in [1.54, 1.807) is 0 Å². The molecular weight excluding hydrogens is 641 g/mol. The van der Waals surface area contributed by atoms with Crippen molar-refractivity contribution < 1.29 is 4.79 Å². The average molecular weight is 679 g/mol. The Balaban J connectivity index is 1.24. The highest BCUT2D eigenvalue weighted by molar-refractivity contribution is 6.15. The first-order valence-electron chi connectivity index (χ1n) is 18.3. The number of hydrogen-bond acceptors (Lipinski definition) is 1. The van der Waals surface area contributed by atoms with Gasteiger partial charge < -0.3 is 0 Å². The molecule has 1 aliphatic carbocycles. The molecule has 1 heteroatoms. The second-order valence-corrected chi connectivity index (χ2v) is 14.4. The Hall–Kier alpha value is -6.57. The fourth-order valence-corrected chi connectivity index (χ4v) is 8.32. The van der Waals surface area contributed by atoms with Crippen LogP contribution in [0.15, 0.2) is 194 Å². The zero-order chi connectivity index (χ0) is 35.9. The zero-order valence-electron chi connectivity index (χ0n) is 29.9. The minimum Gasteiger partial charge on any atom is -0.289 e. The van der Waals surface area contributed by atoms with Crippen LogP contribution in [0, 0.1) is 0 Å². The summed E-state index contributed by atoms with van der Waals surface area (Å²) in [6, 6.07) is 68.3. The van der Waals surface area contributed by atoms with E-state index in [4.69, 9.17) is 0 Å². The minimum absolute atomic E-state index is 0.0648. The molecule has 0 saturated heterocycles. The van der Waals surface area contributed by atoms with E-state index in [9.17, 15) is 4.79 Å². The minimum atomic E-state index is -0.377. The molecule has 0 amide bonds. The number of hydrogen-bond donors (Lipinski definition) is 0. The quantitative estimate of drug-likeness (QED) is 0.171. The average Bonchev–Trinajstić information content (AvgIpc) is 3.23. The van der Waals surface area contributed by atoms with E-state index >= 15 is 0 Å². The molecule has 252 valence electrons. The van der Waals surface area contributed by atoms with Crippen LogP contribution in [0.2, 0.25) is 0 Å². The van der Waals surface area contributed by atoms with E-state index < -0.39 is 0 Å². The molecule has 8 aromatic carbocycles. The van der Waals surface area contributed by atoms with Crippen molar-refractivity contribution in [2.45, 2.75) is 19.3 Å². The zero-order valence-corrected chi connectivity index (χ0v) is 29.9. The van der Waals surface area contributed by atoms with Crippen LogP contribution in [0.4, 0.5) is 0 Å². The molecule has 9 rings (SSSR count). The molecule has 0 N–H and O–H groups in total. The molecule has 8 aromatic rings. The van der Waals surface area contributed by atoms with Gasteiger partial charge in [-0.3, -0.25) is 4.79 Å². The highest BCUT2D eigenvalue weighted by Gasteiger charge is 2.37. The number of ketones is 1. The van der Waals surface area contributed by atoms with Gasteiger partial charge in [-0.1, -0.05) is 196 Å². The number of fused-ring (bicyclic) bond motifs is 2. The Morgan fingerprint density at radius 1 is 0.302 bits per heavy atom. The van der Waals surface area contributed by atoms with E-state index in [-0.39, 0.29) is 11.2 Å². The van der Waals surface area contributed by atoms with Gasteiger partial charge in [-0.2, -0.15) is 0 Å². The molecule has 1 nitrogen and oxygen atoms in total. The number of carbonyl (C=O) groups is 1. The lowest BCUT2D eigenvalue weighted by Crippen LogP contribution is -2.30. The maximum absolute atomic E-state index is 15.0. The molecule has 0 bridgehead atoms. The van der Waals surface area contributed by atoms with Gasteiger partial charge in [0.2, 0.25) is 0 Å². The summed E-state index contributed by atoms with van der Waals surface area (Å²) in [7, 11) is 0. The summed E-state index contributed by atoms with van der Waals surface area (Å²) in [6.45, 7) is 4.49. The molecule has 0 spiro atoms. The van der Waals surface area contributed by atoms with Gasteiger partial charge in [0.1, 0.15) is 0 Å². The lowest BCUT2D eigenvalue weighted by Gasteiger charge is -2.35. The normalized spacial score (nSPS) is 12.9. The van der Waals surface area contributed by atoms with Crippen molar-refractivity contribution in [1.29, 1.82) is 0 Å². The molecule has 53 heavy (non-hydrogen) atoms. The lowest BCUT2D eigenvalue weighted by molar-refractivity contribution is 0.103. The van der Waals surface area contributed by atoms with Gasteiger partial charge in [-0.25, -0.2) is 0 Å². The summed E-state index contributed by atoms with van der Waals surface area (Å²) in [5, 5.41) is 0. The van der Waals surface area contributed by atoms with Crippen molar-refractivity contribution in [2.75, 3.05) is 0 Å². The predicted octanol–water partition coefficient (Wildman–Crippen LogP) is 13.6. The third-order valence-corrected chi connectivity index (χ3v) is 10.9. The summed E-state index contributed by atoms with van der Waals surface area (Å²) in [5.41, 5.74) is 16.7. The van der Waals surface area contributed by atoms with Crippen molar-refractivity contribution in [2.24, 2.45) is 0 Å². The molecule has 0 aliphatic heterocycles. The summed E-state index contributed by atoms with van der Waals surface area (Å²) in [5.74, 6) is 0.0648. The van der Waals surface area contributed by atoms with Gasteiger partial charge in [0.25, 0.3) is 0 Å². The second kappa shape index (κ2) is 13.2. The molecule has 0 atom stereocenters. The number of rotatable bonds is 6. The van der Waals surface area contributed by atoms with Gasteiger partial charge in [-0.05, 0) is 90.0 Å². The smallest absolute Gasteiger partial charge is 0.193 e. The van der Waals surface area contributed by atoms with Crippen LogP contribution in [0.3, 0.4) is 0 Å². The Labute approximate surface area is 311 Å². The van der Waals surface area contributed by atoms with E-state index in [0.29, 0.717) is 0 Å². The van der Waals surface area contributed by atoms with Crippen molar-refractivity contribution in [3.05, 3.63) is 216 Å². The monoisotopic (exact) mass is 678 g/mol. The van der Waals surface area contributed by atoms with Crippen LogP contribution < -0.4 is 0 Å². The fraction of sp³-hybridized carbons (Fsp3) is 0.0577. The van der Waals surface area contributed by atoms with Crippen LogP contribution in [0.25, 0.3) is 66.8 Å². The predicted molar refractivity (Wildman–Crippen MR) is 221 cm³/mol. The maximum atomic E-state index is 15.0. The molecule has 0 heterocycles. The van der Waals surface area contributed by atoms with Crippen molar-refractivity contribution >= 4 is 5.78 Å². The highest BCUT2D eigenvalue weighted by atomic mass is 16.1. The van der Waals surface area contributed by atoms with Crippen LogP contribution in [0.1, 0.15) is 40.9 Å². The van der Waals surface area contributed by atoms with E-state index in [1.807, 2.05) is 0 Å². The summed E-state index contributed by atoms with van der Waals surface area (Å²) in [4.78, 5) is 15.0. The van der Waals surface area contributed by atoms with Gasteiger partial charge in [0, 0.05) is 16.5 Å². The van der Waals surface area contributed by atoms with Crippen molar-refractivity contribution in [3.8, 4) is 66.8 Å². The first kappa shape index (κ1) is 32.3. The van der Waals surface area contributed by atoms with Crippen LogP contribution >= 0.6 is 0 Å². The van der Waals surface area contributed by atoms with Crippen LogP contribution in [-0.2, 0) is 5.41 Å². The van der Waals surface area contributed by atoms with Crippen molar-refractivity contribution in [1.82, 2.24) is 0 Å². The fourth-order valence-electron chi connectivity index (χ4n) is 8.32. The van der Waals surface area contributed by atoms with Gasteiger partial charge >= 0.3 is 0 Å². The SMILES string of the molecule is CC1(C)c2ccc(-c3c(-c4ccccc4)cccc3-c3ccccc3)cc2C(=O)c2cc(-c3c(-c4ccccc4)cccc3-c3ccccc3)ccc21.